The minimum Gasteiger partial charge on any atom is -0.497 e. The van der Waals surface area contributed by atoms with Crippen LogP contribution in [0.25, 0.3) is 0 Å². The Kier molecular flexibility index (Phi) is 5.80. The van der Waals surface area contributed by atoms with E-state index in [9.17, 15) is 4.79 Å². The maximum absolute atomic E-state index is 11.2. The maximum atomic E-state index is 11.2. The Morgan fingerprint density at radius 2 is 1.68 bits per heavy atom. The number of methoxy groups -OCH3 is 2. The first-order chi connectivity index (χ1) is 10.8. The Hall–Kier alpha value is -2.53. The van der Waals surface area contributed by atoms with Gasteiger partial charge in [-0.2, -0.15) is 0 Å². The molecular weight excluding hydrogens is 284 g/mol. The molecule has 5 heteroatoms. The summed E-state index contributed by atoms with van der Waals surface area (Å²) in [5.74, 6) is 1.85. The molecule has 116 valence electrons. The van der Waals surface area contributed by atoms with Crippen molar-refractivity contribution in [3.05, 3.63) is 53.6 Å². The topological polar surface area (TPSA) is 54.0 Å². The normalized spacial score (nSPS) is 10.1. The van der Waals surface area contributed by atoms with Gasteiger partial charge in [-0.05, 0) is 35.9 Å². The number of carbonyl (C=O) groups excluding carboxylic acids is 1. The lowest BCUT2D eigenvalue weighted by molar-refractivity contribution is 0.0510. The second-order valence-corrected chi connectivity index (χ2v) is 4.51. The Morgan fingerprint density at radius 1 is 0.955 bits per heavy atom. The lowest BCUT2D eigenvalue weighted by Crippen LogP contribution is -2.01. The molecule has 0 saturated carbocycles. The predicted octanol–water partition coefficient (Wildman–Crippen LogP) is 3.07. The second kappa shape index (κ2) is 8.05. The van der Waals surface area contributed by atoms with E-state index in [1.165, 1.54) is 7.11 Å². The number of benzene rings is 2. The summed E-state index contributed by atoms with van der Waals surface area (Å²) in [6.45, 7) is 0.494. The first-order valence-corrected chi connectivity index (χ1v) is 6.73. The molecule has 0 spiro atoms. The minimum atomic E-state index is 0.129. The second-order valence-electron chi connectivity index (χ2n) is 4.51. The molecule has 0 N–H and O–H groups in total. The molecule has 2 aromatic rings. The number of ether oxygens (including phenoxy) is 4. The summed E-state index contributed by atoms with van der Waals surface area (Å²) in [7, 11) is 3.15. The smallest absolute Gasteiger partial charge is 0.188 e. The molecule has 0 aliphatic carbocycles. The molecule has 5 nitrogen and oxygen atoms in total. The van der Waals surface area contributed by atoms with Gasteiger partial charge in [-0.1, -0.05) is 12.1 Å². The van der Waals surface area contributed by atoms with Crippen LogP contribution in [0.15, 0.2) is 42.5 Å². The lowest BCUT2D eigenvalue weighted by atomic mass is 10.2. The number of carbonyl (C=O) groups is 1. The van der Waals surface area contributed by atoms with E-state index in [1.807, 2.05) is 24.3 Å². The van der Waals surface area contributed by atoms with Crippen LogP contribution >= 0.6 is 0 Å². The van der Waals surface area contributed by atoms with Crippen LogP contribution in [0.2, 0.25) is 0 Å². The van der Waals surface area contributed by atoms with Crippen molar-refractivity contribution in [3.8, 4) is 17.2 Å². The third-order valence-electron chi connectivity index (χ3n) is 3.01. The Bertz CT molecular complexity index is 607. The number of hydrogen-bond acceptors (Lipinski definition) is 5. The summed E-state index contributed by atoms with van der Waals surface area (Å²) in [5, 5.41) is 0. The van der Waals surface area contributed by atoms with Crippen molar-refractivity contribution < 1.29 is 23.7 Å². The van der Waals surface area contributed by atoms with Crippen molar-refractivity contribution in [1.29, 1.82) is 0 Å². The van der Waals surface area contributed by atoms with Crippen LogP contribution in [-0.4, -0.2) is 27.3 Å². The van der Waals surface area contributed by atoms with Gasteiger partial charge in [-0.15, -0.1) is 0 Å². The van der Waals surface area contributed by atoms with E-state index in [0.29, 0.717) is 23.7 Å². The van der Waals surface area contributed by atoms with Crippen molar-refractivity contribution in [2.45, 2.75) is 6.61 Å². The van der Waals surface area contributed by atoms with Crippen LogP contribution in [0, 0.1) is 0 Å². The molecule has 0 amide bonds. The quantitative estimate of drug-likeness (QED) is 0.554. The molecule has 0 heterocycles. The van der Waals surface area contributed by atoms with E-state index in [1.54, 1.807) is 25.3 Å². The van der Waals surface area contributed by atoms with Crippen molar-refractivity contribution in [3.63, 3.8) is 0 Å². The van der Waals surface area contributed by atoms with E-state index in [4.69, 9.17) is 18.9 Å². The van der Waals surface area contributed by atoms with Gasteiger partial charge in [0.25, 0.3) is 0 Å². The molecule has 0 radical (unpaired) electrons. The third-order valence-corrected chi connectivity index (χ3v) is 3.01. The first kappa shape index (κ1) is 15.9. The number of aldehydes is 1. The van der Waals surface area contributed by atoms with Crippen LogP contribution in [0.4, 0.5) is 0 Å². The van der Waals surface area contributed by atoms with E-state index in [0.717, 1.165) is 17.6 Å². The number of hydrogen-bond donors (Lipinski definition) is 0. The highest BCUT2D eigenvalue weighted by atomic mass is 16.7. The zero-order chi connectivity index (χ0) is 15.8. The maximum Gasteiger partial charge on any atom is 0.188 e. The minimum absolute atomic E-state index is 0.129. The van der Waals surface area contributed by atoms with Crippen molar-refractivity contribution >= 4 is 6.29 Å². The van der Waals surface area contributed by atoms with Crippen LogP contribution in [0.5, 0.6) is 17.2 Å². The van der Waals surface area contributed by atoms with Crippen LogP contribution in [0.1, 0.15) is 15.9 Å². The fraction of sp³-hybridized carbons (Fsp3) is 0.235. The zero-order valence-electron chi connectivity index (χ0n) is 12.6. The van der Waals surface area contributed by atoms with E-state index >= 15 is 0 Å². The van der Waals surface area contributed by atoms with E-state index in [2.05, 4.69) is 0 Å². The molecule has 0 bridgehead atoms. The molecule has 0 saturated heterocycles. The SMILES string of the molecule is COCOc1ccc(OCc2ccc(OC)cc2)c(C=O)c1. The van der Waals surface area contributed by atoms with E-state index in [-0.39, 0.29) is 6.79 Å². The number of rotatable bonds is 8. The summed E-state index contributed by atoms with van der Waals surface area (Å²) >= 11 is 0. The van der Waals surface area contributed by atoms with Gasteiger partial charge >= 0.3 is 0 Å². The molecule has 2 aromatic carbocycles. The molecule has 0 aliphatic rings. The molecule has 0 atom stereocenters. The fourth-order valence-corrected chi connectivity index (χ4v) is 1.85. The van der Waals surface area contributed by atoms with Crippen LogP contribution in [0.3, 0.4) is 0 Å². The summed E-state index contributed by atoms with van der Waals surface area (Å²) < 4.78 is 20.9. The summed E-state index contributed by atoms with van der Waals surface area (Å²) in [6.07, 6.45) is 0.739. The molecule has 0 unspecified atom stereocenters. The van der Waals surface area contributed by atoms with Crippen molar-refractivity contribution in [2.75, 3.05) is 21.0 Å². The molecule has 2 rings (SSSR count). The Morgan fingerprint density at radius 3 is 2.32 bits per heavy atom. The predicted molar refractivity (Wildman–Crippen MR) is 81.7 cm³/mol. The average Bonchev–Trinajstić information content (AvgIpc) is 2.58. The van der Waals surface area contributed by atoms with Gasteiger partial charge in [0.1, 0.15) is 23.9 Å². The van der Waals surface area contributed by atoms with Gasteiger partial charge in [-0.3, -0.25) is 4.79 Å². The Labute approximate surface area is 129 Å². The molecule has 0 fully saturated rings. The van der Waals surface area contributed by atoms with Crippen molar-refractivity contribution in [2.24, 2.45) is 0 Å². The lowest BCUT2D eigenvalue weighted by Gasteiger charge is -2.11. The standard InChI is InChI=1S/C17H18O5/c1-19-12-22-16-7-8-17(14(9-16)10-18)21-11-13-3-5-15(20-2)6-4-13/h3-10H,11-12H2,1-2H3. The largest absolute Gasteiger partial charge is 0.497 e. The molecule has 22 heavy (non-hydrogen) atoms. The van der Waals surface area contributed by atoms with Gasteiger partial charge in [0.2, 0.25) is 0 Å². The summed E-state index contributed by atoms with van der Waals surface area (Å²) in [4.78, 5) is 11.2. The Balaban J connectivity index is 2.03. The van der Waals surface area contributed by atoms with Gasteiger partial charge in [0.15, 0.2) is 13.1 Å². The van der Waals surface area contributed by atoms with Crippen molar-refractivity contribution in [1.82, 2.24) is 0 Å². The van der Waals surface area contributed by atoms with Crippen LogP contribution in [-0.2, 0) is 11.3 Å². The molecular formula is C17H18O5. The summed E-state index contributed by atoms with van der Waals surface area (Å²) in [5.41, 5.74) is 1.42. The van der Waals surface area contributed by atoms with Gasteiger partial charge in [0, 0.05) is 7.11 Å². The van der Waals surface area contributed by atoms with Gasteiger partial charge < -0.3 is 18.9 Å². The van der Waals surface area contributed by atoms with E-state index < -0.39 is 0 Å². The summed E-state index contributed by atoms with van der Waals surface area (Å²) in [6, 6.07) is 12.6. The van der Waals surface area contributed by atoms with Gasteiger partial charge in [-0.25, -0.2) is 0 Å². The highest BCUT2D eigenvalue weighted by molar-refractivity contribution is 5.80. The van der Waals surface area contributed by atoms with Gasteiger partial charge in [0.05, 0.1) is 12.7 Å². The zero-order valence-corrected chi connectivity index (χ0v) is 12.6. The molecule has 0 aromatic heterocycles. The van der Waals surface area contributed by atoms with Crippen LogP contribution < -0.4 is 14.2 Å². The third kappa shape index (κ3) is 4.23. The fourth-order valence-electron chi connectivity index (χ4n) is 1.85. The average molecular weight is 302 g/mol. The molecule has 0 aliphatic heterocycles. The highest BCUT2D eigenvalue weighted by Crippen LogP contribution is 2.24. The highest BCUT2D eigenvalue weighted by Gasteiger charge is 2.06. The first-order valence-electron chi connectivity index (χ1n) is 6.73. The monoisotopic (exact) mass is 302 g/mol.